The van der Waals surface area contributed by atoms with Gasteiger partial charge in [0.2, 0.25) is 21.8 Å². The highest BCUT2D eigenvalue weighted by molar-refractivity contribution is 7.88. The molecule has 0 saturated carbocycles. The lowest BCUT2D eigenvalue weighted by molar-refractivity contribution is -0.140. The van der Waals surface area contributed by atoms with Crippen LogP contribution in [0.25, 0.3) is 0 Å². The molecule has 1 atom stereocenters. The third-order valence-corrected chi connectivity index (χ3v) is 6.22. The molecular formula is C23H30FN3O5S. The Balaban J connectivity index is 2.25. The Hall–Kier alpha value is -2.82. The van der Waals surface area contributed by atoms with E-state index in [4.69, 9.17) is 4.74 Å². The van der Waals surface area contributed by atoms with Crippen molar-refractivity contribution >= 4 is 21.8 Å². The molecule has 0 bridgehead atoms. The fourth-order valence-electron chi connectivity index (χ4n) is 3.11. The van der Waals surface area contributed by atoms with Gasteiger partial charge in [0.05, 0.1) is 19.4 Å². The molecule has 2 aromatic carbocycles. The molecule has 0 aliphatic carbocycles. The van der Waals surface area contributed by atoms with Crippen LogP contribution in [0, 0.1) is 5.82 Å². The summed E-state index contributed by atoms with van der Waals surface area (Å²) in [6.45, 7) is 1.73. The summed E-state index contributed by atoms with van der Waals surface area (Å²) < 4.78 is 44.1. The maximum atomic E-state index is 13.3. The number of carbonyl (C=O) groups is 2. The molecule has 2 rings (SSSR count). The van der Waals surface area contributed by atoms with Crippen molar-refractivity contribution in [3.63, 3.8) is 0 Å². The van der Waals surface area contributed by atoms with Gasteiger partial charge in [-0.3, -0.25) is 9.59 Å². The maximum absolute atomic E-state index is 13.3. The van der Waals surface area contributed by atoms with Gasteiger partial charge in [-0.2, -0.15) is 4.31 Å². The first-order valence-corrected chi connectivity index (χ1v) is 12.3. The van der Waals surface area contributed by atoms with Crippen LogP contribution in [0.5, 0.6) is 0 Å². The van der Waals surface area contributed by atoms with E-state index in [-0.39, 0.29) is 19.6 Å². The van der Waals surface area contributed by atoms with E-state index in [2.05, 4.69) is 5.32 Å². The summed E-state index contributed by atoms with van der Waals surface area (Å²) in [7, 11) is -2.21. The molecule has 2 aromatic rings. The molecule has 0 aliphatic rings. The van der Waals surface area contributed by atoms with Gasteiger partial charge in [-0.15, -0.1) is 0 Å². The number of carbonyl (C=O) groups excluding carboxylic acids is 2. The Morgan fingerprint density at radius 2 is 1.64 bits per heavy atom. The fourth-order valence-corrected chi connectivity index (χ4v) is 3.84. The Labute approximate surface area is 194 Å². The van der Waals surface area contributed by atoms with Crippen LogP contribution in [-0.4, -0.2) is 68.5 Å². The van der Waals surface area contributed by atoms with Crippen LogP contribution >= 0.6 is 0 Å². The molecular weight excluding hydrogens is 449 g/mol. The molecule has 2 amide bonds. The van der Waals surface area contributed by atoms with Gasteiger partial charge in [-0.1, -0.05) is 42.5 Å². The van der Waals surface area contributed by atoms with Crippen LogP contribution in [0.4, 0.5) is 4.39 Å². The number of ether oxygens (including phenoxy) is 1. The SMILES string of the molecule is COCCNC(=O)C(C)N(Cc1ccc(F)cc1)C(=O)CN(Cc1ccccc1)S(C)(=O)=O. The Kier molecular flexibility index (Phi) is 9.95. The molecule has 0 aromatic heterocycles. The number of amides is 2. The summed E-state index contributed by atoms with van der Waals surface area (Å²) in [5.74, 6) is -1.38. The first-order chi connectivity index (χ1) is 15.6. The normalized spacial score (nSPS) is 12.4. The molecule has 1 N–H and O–H groups in total. The zero-order chi connectivity index (χ0) is 24.4. The average Bonchev–Trinajstić information content (AvgIpc) is 2.78. The minimum absolute atomic E-state index is 0.0148. The van der Waals surface area contributed by atoms with Crippen molar-refractivity contribution < 1.29 is 27.1 Å². The maximum Gasteiger partial charge on any atom is 0.242 e. The van der Waals surface area contributed by atoms with Crippen LogP contribution in [0.2, 0.25) is 0 Å². The van der Waals surface area contributed by atoms with Crippen molar-refractivity contribution in [2.45, 2.75) is 26.1 Å². The second-order valence-corrected chi connectivity index (χ2v) is 9.61. The number of benzene rings is 2. The monoisotopic (exact) mass is 479 g/mol. The Bertz CT molecular complexity index is 1020. The zero-order valence-electron chi connectivity index (χ0n) is 19.0. The van der Waals surface area contributed by atoms with Crippen LogP contribution in [0.15, 0.2) is 54.6 Å². The zero-order valence-corrected chi connectivity index (χ0v) is 19.8. The molecule has 0 heterocycles. The molecule has 0 radical (unpaired) electrons. The van der Waals surface area contributed by atoms with Crippen molar-refractivity contribution in [1.82, 2.24) is 14.5 Å². The van der Waals surface area contributed by atoms with Crippen molar-refractivity contribution in [1.29, 1.82) is 0 Å². The number of halogens is 1. The van der Waals surface area contributed by atoms with Crippen LogP contribution in [0.3, 0.4) is 0 Å². The average molecular weight is 480 g/mol. The molecule has 0 fully saturated rings. The van der Waals surface area contributed by atoms with E-state index in [1.165, 1.54) is 36.3 Å². The summed E-state index contributed by atoms with van der Waals surface area (Å²) in [4.78, 5) is 27.2. The van der Waals surface area contributed by atoms with Gasteiger partial charge in [0.1, 0.15) is 11.9 Å². The van der Waals surface area contributed by atoms with E-state index in [1.807, 2.05) is 6.07 Å². The quantitative estimate of drug-likeness (QED) is 0.468. The number of nitrogens with zero attached hydrogens (tertiary/aromatic N) is 2. The van der Waals surface area contributed by atoms with Gasteiger partial charge in [0.15, 0.2) is 0 Å². The number of hydrogen-bond acceptors (Lipinski definition) is 5. The molecule has 180 valence electrons. The number of methoxy groups -OCH3 is 1. The number of nitrogens with one attached hydrogen (secondary N) is 1. The first-order valence-electron chi connectivity index (χ1n) is 10.4. The van der Waals surface area contributed by atoms with Crippen molar-refractivity contribution in [2.75, 3.05) is 33.1 Å². The van der Waals surface area contributed by atoms with Crippen molar-refractivity contribution in [3.05, 3.63) is 71.5 Å². The Morgan fingerprint density at radius 1 is 1.03 bits per heavy atom. The van der Waals surface area contributed by atoms with Gasteiger partial charge in [-0.25, -0.2) is 12.8 Å². The number of rotatable bonds is 12. The highest BCUT2D eigenvalue weighted by Gasteiger charge is 2.29. The molecule has 33 heavy (non-hydrogen) atoms. The van der Waals surface area contributed by atoms with Gasteiger partial charge >= 0.3 is 0 Å². The molecule has 0 saturated heterocycles. The summed E-state index contributed by atoms with van der Waals surface area (Å²) in [5.41, 5.74) is 1.33. The van der Waals surface area contributed by atoms with Gasteiger partial charge < -0.3 is 15.0 Å². The highest BCUT2D eigenvalue weighted by Crippen LogP contribution is 2.14. The second kappa shape index (κ2) is 12.4. The standard InChI is InChI=1S/C23H30FN3O5S/c1-18(23(29)25-13-14-32-2)27(16-20-9-11-21(24)12-10-20)22(28)17-26(33(3,30)31)15-19-7-5-4-6-8-19/h4-12,18H,13-17H2,1-3H3,(H,25,29). The molecule has 0 spiro atoms. The van der Waals surface area contributed by atoms with E-state index < -0.39 is 40.2 Å². The molecule has 10 heteroatoms. The number of hydrogen-bond donors (Lipinski definition) is 1. The third kappa shape index (κ3) is 8.56. The fraction of sp³-hybridized carbons (Fsp3) is 0.391. The largest absolute Gasteiger partial charge is 0.383 e. The molecule has 0 aliphatic heterocycles. The van der Waals surface area contributed by atoms with E-state index in [0.29, 0.717) is 12.2 Å². The Morgan fingerprint density at radius 3 is 2.21 bits per heavy atom. The van der Waals surface area contributed by atoms with Crippen LogP contribution in [-0.2, 0) is 37.4 Å². The third-order valence-electron chi connectivity index (χ3n) is 5.02. The van der Waals surface area contributed by atoms with E-state index in [0.717, 1.165) is 16.1 Å². The predicted octanol–water partition coefficient (Wildman–Crippen LogP) is 1.77. The lowest BCUT2D eigenvalue weighted by atomic mass is 10.1. The molecule has 8 nitrogen and oxygen atoms in total. The topological polar surface area (TPSA) is 96.0 Å². The summed E-state index contributed by atoms with van der Waals surface area (Å²) in [6.07, 6.45) is 1.04. The van der Waals surface area contributed by atoms with E-state index in [1.54, 1.807) is 31.2 Å². The lowest BCUT2D eigenvalue weighted by Crippen LogP contribution is -2.51. The van der Waals surface area contributed by atoms with Crippen LogP contribution < -0.4 is 5.32 Å². The minimum Gasteiger partial charge on any atom is -0.383 e. The van der Waals surface area contributed by atoms with Crippen molar-refractivity contribution in [2.24, 2.45) is 0 Å². The summed E-state index contributed by atoms with van der Waals surface area (Å²) in [6, 6.07) is 13.6. The van der Waals surface area contributed by atoms with E-state index in [9.17, 15) is 22.4 Å². The molecule has 1 unspecified atom stereocenters. The summed E-state index contributed by atoms with van der Waals surface area (Å²) >= 11 is 0. The predicted molar refractivity (Wildman–Crippen MR) is 123 cm³/mol. The van der Waals surface area contributed by atoms with Gasteiger partial charge in [0, 0.05) is 26.7 Å². The van der Waals surface area contributed by atoms with Gasteiger partial charge in [0.25, 0.3) is 0 Å². The highest BCUT2D eigenvalue weighted by atomic mass is 32.2. The van der Waals surface area contributed by atoms with Crippen molar-refractivity contribution in [3.8, 4) is 0 Å². The summed E-state index contributed by atoms with van der Waals surface area (Å²) in [5, 5.41) is 2.69. The smallest absolute Gasteiger partial charge is 0.242 e. The van der Waals surface area contributed by atoms with E-state index >= 15 is 0 Å². The van der Waals surface area contributed by atoms with Gasteiger partial charge in [-0.05, 0) is 30.2 Å². The lowest BCUT2D eigenvalue weighted by Gasteiger charge is -2.31. The number of sulfonamides is 1. The minimum atomic E-state index is -3.71. The van der Waals surface area contributed by atoms with Crippen LogP contribution in [0.1, 0.15) is 18.1 Å². The first kappa shape index (κ1) is 26.4. The second-order valence-electron chi connectivity index (χ2n) is 7.62.